The lowest BCUT2D eigenvalue weighted by molar-refractivity contribution is -0.138. The number of benzene rings is 1. The van der Waals surface area contributed by atoms with Crippen LogP contribution in [0.1, 0.15) is 38.4 Å². The maximum Gasteiger partial charge on any atom is 0.417 e. The molecule has 0 spiro atoms. The lowest BCUT2D eigenvalue weighted by Crippen LogP contribution is -2.42. The minimum Gasteiger partial charge on any atom is -0.330 e. The van der Waals surface area contributed by atoms with E-state index in [-0.39, 0.29) is 25.1 Å². The van der Waals surface area contributed by atoms with Gasteiger partial charge in [-0.15, -0.1) is 5.10 Å². The van der Waals surface area contributed by atoms with Crippen LogP contribution in [0.3, 0.4) is 0 Å². The van der Waals surface area contributed by atoms with Gasteiger partial charge in [-0.1, -0.05) is 17.3 Å². The maximum absolute atomic E-state index is 12.9. The summed E-state index contributed by atoms with van der Waals surface area (Å²) in [5.74, 6) is -1.76. The first kappa shape index (κ1) is 28.1. The van der Waals surface area contributed by atoms with Crippen LogP contribution in [0.15, 0.2) is 48.8 Å². The summed E-state index contributed by atoms with van der Waals surface area (Å²) in [5, 5.41) is 10.6. The zero-order valence-corrected chi connectivity index (χ0v) is 21.1. The van der Waals surface area contributed by atoms with Crippen molar-refractivity contribution in [2.45, 2.75) is 38.3 Å². The molecule has 0 aliphatic carbocycles. The predicted octanol–water partition coefficient (Wildman–Crippen LogP) is 3.82. The zero-order valence-electron chi connectivity index (χ0n) is 21.1. The molecule has 0 saturated carbocycles. The Labute approximate surface area is 228 Å². The van der Waals surface area contributed by atoms with E-state index in [0.717, 1.165) is 35.4 Å². The fourth-order valence-corrected chi connectivity index (χ4v) is 4.50. The molecule has 4 aromatic rings. The smallest absolute Gasteiger partial charge is 0.330 e. The number of amides is 1. The molecule has 0 atom stereocenters. The second kappa shape index (κ2) is 10.9. The number of hydrogen-bond donors (Lipinski definition) is 1. The molecule has 2 aliphatic heterocycles. The Hall–Kier alpha value is -4.40. The molecule has 1 amide bonds. The molecule has 0 unspecified atom stereocenters. The highest BCUT2D eigenvalue weighted by molar-refractivity contribution is 6.36. The molecular weight excluding hydrogens is 556 g/mol. The van der Waals surface area contributed by atoms with Crippen LogP contribution < -0.4 is 5.32 Å². The van der Waals surface area contributed by atoms with Gasteiger partial charge in [0.25, 0.3) is 0 Å². The molecule has 3 aromatic heterocycles. The molecule has 6 rings (SSSR count). The highest BCUT2D eigenvalue weighted by Crippen LogP contribution is 2.31. The number of fused-ring (bicyclic) bond motifs is 3. The Morgan fingerprint density at radius 1 is 0.829 bits per heavy atom. The quantitative estimate of drug-likeness (QED) is 0.250. The van der Waals surface area contributed by atoms with E-state index in [2.05, 4.69) is 25.6 Å². The van der Waals surface area contributed by atoms with E-state index >= 15 is 0 Å². The number of pyridine rings is 2. The summed E-state index contributed by atoms with van der Waals surface area (Å²) < 4.78 is 76.4. The summed E-state index contributed by atoms with van der Waals surface area (Å²) >= 11 is 0. The molecule has 41 heavy (non-hydrogen) atoms. The molecule has 15 heteroatoms. The molecule has 0 radical (unpaired) electrons. The van der Waals surface area contributed by atoms with Gasteiger partial charge >= 0.3 is 24.2 Å². The van der Waals surface area contributed by atoms with Crippen molar-refractivity contribution in [2.75, 3.05) is 13.1 Å². The number of carbonyl (C=O) groups is 2. The second-order valence-corrected chi connectivity index (χ2v) is 9.35. The SMILES string of the molecule is FC(F)(F)c1cnc2c(c1)CNCC2.O=C(C(=O)n1nnc2ccccc21)N1CCc2ncc(C(F)(F)F)cc2C1. The molecule has 0 saturated heterocycles. The van der Waals surface area contributed by atoms with Gasteiger partial charge in [-0.3, -0.25) is 19.6 Å². The molecule has 0 bridgehead atoms. The van der Waals surface area contributed by atoms with E-state index < -0.39 is 35.3 Å². The number of hydrogen-bond acceptors (Lipinski definition) is 7. The molecule has 1 aromatic carbocycles. The van der Waals surface area contributed by atoms with Crippen molar-refractivity contribution in [3.05, 3.63) is 82.4 Å². The summed E-state index contributed by atoms with van der Waals surface area (Å²) in [5.41, 5.74) is 1.49. The number of nitrogens with one attached hydrogen (secondary N) is 1. The Kier molecular flexibility index (Phi) is 7.46. The minimum absolute atomic E-state index is 0.122. The Balaban J connectivity index is 0.000000202. The molecular formula is C26H21F6N7O2. The first-order chi connectivity index (χ1) is 19.4. The van der Waals surface area contributed by atoms with Gasteiger partial charge < -0.3 is 10.2 Å². The zero-order chi connectivity index (χ0) is 29.4. The van der Waals surface area contributed by atoms with Gasteiger partial charge in [0.15, 0.2) is 0 Å². The van der Waals surface area contributed by atoms with Crippen molar-refractivity contribution in [3.8, 4) is 0 Å². The maximum atomic E-state index is 12.9. The van der Waals surface area contributed by atoms with Crippen molar-refractivity contribution < 1.29 is 35.9 Å². The van der Waals surface area contributed by atoms with Crippen LogP contribution >= 0.6 is 0 Å². The summed E-state index contributed by atoms with van der Waals surface area (Å²) in [6.45, 7) is 1.32. The first-order valence-corrected chi connectivity index (χ1v) is 12.4. The second-order valence-electron chi connectivity index (χ2n) is 9.35. The van der Waals surface area contributed by atoms with Gasteiger partial charge in [-0.25, -0.2) is 0 Å². The van der Waals surface area contributed by atoms with E-state index in [4.69, 9.17) is 0 Å². The minimum atomic E-state index is -4.52. The monoisotopic (exact) mass is 577 g/mol. The number of rotatable bonds is 0. The fraction of sp³-hybridized carbons (Fsp3) is 0.308. The van der Waals surface area contributed by atoms with E-state index in [1.165, 1.54) is 11.0 Å². The molecule has 214 valence electrons. The number of aromatic nitrogens is 5. The van der Waals surface area contributed by atoms with E-state index in [1.54, 1.807) is 24.3 Å². The van der Waals surface area contributed by atoms with Crippen LogP contribution in [0.5, 0.6) is 0 Å². The van der Waals surface area contributed by atoms with E-state index in [0.29, 0.717) is 35.3 Å². The van der Waals surface area contributed by atoms with E-state index in [9.17, 15) is 35.9 Å². The number of para-hydroxylation sites is 1. The van der Waals surface area contributed by atoms with E-state index in [1.807, 2.05) is 0 Å². The predicted molar refractivity (Wildman–Crippen MR) is 131 cm³/mol. The molecule has 9 nitrogen and oxygen atoms in total. The van der Waals surface area contributed by atoms with Gasteiger partial charge in [-0.05, 0) is 35.4 Å². The lowest BCUT2D eigenvalue weighted by Gasteiger charge is -2.28. The largest absolute Gasteiger partial charge is 0.417 e. The van der Waals surface area contributed by atoms with Gasteiger partial charge in [0.1, 0.15) is 5.52 Å². The third-order valence-corrected chi connectivity index (χ3v) is 6.62. The van der Waals surface area contributed by atoms with Gasteiger partial charge in [0, 0.05) is 62.8 Å². The van der Waals surface area contributed by atoms with Crippen molar-refractivity contribution in [1.29, 1.82) is 0 Å². The summed E-state index contributed by atoms with van der Waals surface area (Å²) in [6.07, 6.45) is -6.16. The van der Waals surface area contributed by atoms with Crippen LogP contribution in [0, 0.1) is 0 Å². The van der Waals surface area contributed by atoms with Gasteiger partial charge in [0.2, 0.25) is 0 Å². The van der Waals surface area contributed by atoms with Crippen molar-refractivity contribution in [3.63, 3.8) is 0 Å². The third kappa shape index (κ3) is 6.04. The van der Waals surface area contributed by atoms with Crippen molar-refractivity contribution >= 4 is 22.8 Å². The number of carbonyl (C=O) groups excluding carboxylic acids is 2. The Bertz CT molecular complexity index is 1620. The number of halogens is 6. The summed E-state index contributed by atoms with van der Waals surface area (Å²) in [4.78, 5) is 34.0. The number of alkyl halides is 6. The number of nitrogens with zero attached hydrogens (tertiary/aromatic N) is 6. The van der Waals surface area contributed by atoms with Crippen LogP contribution in [0.2, 0.25) is 0 Å². The van der Waals surface area contributed by atoms with Gasteiger partial charge in [-0.2, -0.15) is 31.0 Å². The fourth-order valence-electron chi connectivity index (χ4n) is 4.50. The lowest BCUT2D eigenvalue weighted by atomic mass is 10.0. The average molecular weight is 577 g/mol. The topological polar surface area (TPSA) is 106 Å². The molecule has 5 heterocycles. The van der Waals surface area contributed by atoms with Crippen molar-refractivity contribution in [2.24, 2.45) is 0 Å². The van der Waals surface area contributed by atoms with Crippen LogP contribution in [0.25, 0.3) is 11.0 Å². The molecule has 2 aliphatic rings. The third-order valence-electron chi connectivity index (χ3n) is 6.62. The normalized spacial score (nSPS) is 15.0. The highest BCUT2D eigenvalue weighted by Gasteiger charge is 2.34. The van der Waals surface area contributed by atoms with Gasteiger partial charge in [0.05, 0.1) is 16.6 Å². The van der Waals surface area contributed by atoms with Crippen LogP contribution in [-0.2, 0) is 43.1 Å². The Morgan fingerprint density at radius 3 is 2.15 bits per heavy atom. The highest BCUT2D eigenvalue weighted by atomic mass is 19.4. The average Bonchev–Trinajstić information content (AvgIpc) is 3.39. The standard InChI is InChI=1S/C17H12F3N5O2.C9H9F3N2/c18-17(19,20)11-7-10-9-24(6-5-12(10)21-8-11)15(26)16(27)25-14-4-2-1-3-13(14)22-23-25;10-9(11,12)7-3-6-4-13-2-1-8(6)14-5-7/h1-4,7-8H,5-6,9H2;3,5,13H,1-2,4H2. The molecule has 0 fully saturated rings. The van der Waals surface area contributed by atoms with Crippen LogP contribution in [-0.4, -0.2) is 54.8 Å². The molecule has 1 N–H and O–H groups in total. The first-order valence-electron chi connectivity index (χ1n) is 12.4. The summed E-state index contributed by atoms with van der Waals surface area (Å²) in [6, 6.07) is 8.80. The Morgan fingerprint density at radius 2 is 1.46 bits per heavy atom. The summed E-state index contributed by atoms with van der Waals surface area (Å²) in [7, 11) is 0. The van der Waals surface area contributed by atoms with Crippen LogP contribution in [0.4, 0.5) is 26.3 Å². The van der Waals surface area contributed by atoms with Crippen molar-refractivity contribution in [1.82, 2.24) is 35.2 Å².